The van der Waals surface area contributed by atoms with Crippen LogP contribution in [-0.4, -0.2) is 4.98 Å². The number of unbranched alkanes of at least 4 members (excludes halogenated alkanes) is 6. The third kappa shape index (κ3) is 4.50. The highest BCUT2D eigenvalue weighted by molar-refractivity contribution is 7.18. The first-order chi connectivity index (χ1) is 9.29. The van der Waals surface area contributed by atoms with Gasteiger partial charge in [0, 0.05) is 5.69 Å². The van der Waals surface area contributed by atoms with Gasteiger partial charge in [0.25, 0.3) is 0 Å². The number of aryl methyl sites for hydroxylation is 1. The third-order valence-corrected chi connectivity index (χ3v) is 4.53. The van der Waals surface area contributed by atoms with E-state index in [9.17, 15) is 0 Å². The number of nitrogens with zero attached hydrogens (tertiary/aromatic N) is 1. The first-order valence-electron chi connectivity index (χ1n) is 7.44. The third-order valence-electron chi connectivity index (χ3n) is 3.45. The summed E-state index contributed by atoms with van der Waals surface area (Å²) in [6, 6.07) is 5.98. The van der Waals surface area contributed by atoms with Crippen molar-refractivity contribution < 1.29 is 0 Å². The molecule has 2 aromatic rings. The Balaban J connectivity index is 1.72. The summed E-state index contributed by atoms with van der Waals surface area (Å²) >= 11 is 1.79. The van der Waals surface area contributed by atoms with Crippen molar-refractivity contribution in [3.05, 3.63) is 23.2 Å². The van der Waals surface area contributed by atoms with Crippen LogP contribution in [0.15, 0.2) is 18.2 Å². The van der Waals surface area contributed by atoms with E-state index in [1.54, 1.807) is 11.3 Å². The first-order valence-corrected chi connectivity index (χ1v) is 8.26. The Labute approximate surface area is 120 Å². The SMILES string of the molecule is CCCCCCCCCc1nc2ccc(N)cc2s1. The second-order valence-electron chi connectivity index (χ2n) is 5.21. The fourth-order valence-electron chi connectivity index (χ4n) is 2.33. The summed E-state index contributed by atoms with van der Waals surface area (Å²) in [5.74, 6) is 0. The zero-order chi connectivity index (χ0) is 13.5. The molecule has 0 saturated carbocycles. The van der Waals surface area contributed by atoms with E-state index in [4.69, 9.17) is 5.73 Å². The van der Waals surface area contributed by atoms with Crippen molar-refractivity contribution in [3.8, 4) is 0 Å². The van der Waals surface area contributed by atoms with E-state index in [1.165, 1.54) is 54.7 Å². The van der Waals surface area contributed by atoms with E-state index < -0.39 is 0 Å². The molecule has 0 radical (unpaired) electrons. The van der Waals surface area contributed by atoms with E-state index >= 15 is 0 Å². The number of rotatable bonds is 8. The van der Waals surface area contributed by atoms with Crippen molar-refractivity contribution in [2.75, 3.05) is 5.73 Å². The summed E-state index contributed by atoms with van der Waals surface area (Å²) in [6.45, 7) is 2.26. The maximum atomic E-state index is 5.79. The number of hydrogen-bond donors (Lipinski definition) is 1. The maximum Gasteiger partial charge on any atom is 0.0938 e. The molecule has 0 saturated heterocycles. The fraction of sp³-hybridized carbons (Fsp3) is 0.562. The molecule has 3 heteroatoms. The molecular weight excluding hydrogens is 252 g/mol. The lowest BCUT2D eigenvalue weighted by atomic mass is 10.1. The monoisotopic (exact) mass is 276 g/mol. The Morgan fingerprint density at radius 1 is 1.05 bits per heavy atom. The molecule has 2 N–H and O–H groups in total. The summed E-state index contributed by atoms with van der Waals surface area (Å²) < 4.78 is 1.22. The van der Waals surface area contributed by atoms with E-state index in [2.05, 4.69) is 11.9 Å². The van der Waals surface area contributed by atoms with E-state index in [-0.39, 0.29) is 0 Å². The number of anilines is 1. The average Bonchev–Trinajstić information content (AvgIpc) is 2.79. The van der Waals surface area contributed by atoms with Gasteiger partial charge in [0.15, 0.2) is 0 Å². The van der Waals surface area contributed by atoms with Crippen molar-refractivity contribution in [2.45, 2.75) is 58.3 Å². The van der Waals surface area contributed by atoms with E-state index in [1.807, 2.05) is 18.2 Å². The smallest absolute Gasteiger partial charge is 0.0938 e. The lowest BCUT2D eigenvalue weighted by Crippen LogP contribution is -1.85. The predicted octanol–water partition coefficient (Wildman–Crippen LogP) is 5.17. The molecular formula is C16H24N2S. The molecule has 0 aliphatic rings. The molecule has 104 valence electrons. The molecule has 0 aliphatic carbocycles. The first kappa shape index (κ1) is 14.3. The molecule has 1 heterocycles. The summed E-state index contributed by atoms with van der Waals surface area (Å²) in [7, 11) is 0. The number of hydrogen-bond acceptors (Lipinski definition) is 3. The summed E-state index contributed by atoms with van der Waals surface area (Å²) in [4.78, 5) is 4.66. The number of benzene rings is 1. The molecule has 0 amide bonds. The van der Waals surface area contributed by atoms with E-state index in [0.29, 0.717) is 0 Å². The van der Waals surface area contributed by atoms with Crippen molar-refractivity contribution in [1.29, 1.82) is 0 Å². The lowest BCUT2D eigenvalue weighted by Gasteiger charge is -1.99. The average molecular weight is 276 g/mol. The predicted molar refractivity (Wildman–Crippen MR) is 85.7 cm³/mol. The molecule has 0 bridgehead atoms. The van der Waals surface area contributed by atoms with Crippen LogP contribution in [0, 0.1) is 0 Å². The minimum Gasteiger partial charge on any atom is -0.399 e. The van der Waals surface area contributed by atoms with Crippen LogP contribution >= 0.6 is 11.3 Å². The normalized spacial score (nSPS) is 11.2. The second kappa shape index (κ2) is 7.49. The van der Waals surface area contributed by atoms with Gasteiger partial charge in [-0.05, 0) is 31.0 Å². The van der Waals surface area contributed by atoms with Gasteiger partial charge in [-0.2, -0.15) is 0 Å². The highest BCUT2D eigenvalue weighted by Crippen LogP contribution is 2.25. The molecule has 0 atom stereocenters. The Hall–Kier alpha value is -1.09. The number of nitrogen functional groups attached to an aromatic ring is 1. The van der Waals surface area contributed by atoms with Gasteiger partial charge in [-0.3, -0.25) is 0 Å². The van der Waals surface area contributed by atoms with Gasteiger partial charge in [-0.15, -0.1) is 11.3 Å². The van der Waals surface area contributed by atoms with Crippen LogP contribution in [0.2, 0.25) is 0 Å². The second-order valence-corrected chi connectivity index (χ2v) is 6.32. The van der Waals surface area contributed by atoms with Gasteiger partial charge in [0.1, 0.15) is 0 Å². The molecule has 1 aromatic heterocycles. The van der Waals surface area contributed by atoms with Crippen molar-refractivity contribution in [3.63, 3.8) is 0 Å². The van der Waals surface area contributed by atoms with Crippen molar-refractivity contribution in [1.82, 2.24) is 4.98 Å². The van der Waals surface area contributed by atoms with Crippen molar-refractivity contribution >= 4 is 27.2 Å². The van der Waals surface area contributed by atoms with Gasteiger partial charge < -0.3 is 5.73 Å². The molecule has 0 fully saturated rings. The molecule has 19 heavy (non-hydrogen) atoms. The highest BCUT2D eigenvalue weighted by Gasteiger charge is 2.03. The summed E-state index contributed by atoms with van der Waals surface area (Å²) in [6.07, 6.45) is 10.6. The standard InChI is InChI=1S/C16H24N2S/c1-2-3-4-5-6-7-8-9-16-18-14-11-10-13(17)12-15(14)19-16/h10-12H,2-9,17H2,1H3. The summed E-state index contributed by atoms with van der Waals surface area (Å²) in [5, 5.41) is 1.26. The van der Waals surface area contributed by atoms with Crippen LogP contribution in [0.1, 0.15) is 56.9 Å². The minimum atomic E-state index is 0.832. The Morgan fingerprint density at radius 2 is 1.79 bits per heavy atom. The van der Waals surface area contributed by atoms with Crippen LogP contribution < -0.4 is 5.73 Å². The van der Waals surface area contributed by atoms with Gasteiger partial charge in [-0.25, -0.2) is 4.98 Å². The quantitative estimate of drug-likeness (QED) is 0.533. The van der Waals surface area contributed by atoms with Crippen LogP contribution in [0.4, 0.5) is 5.69 Å². The van der Waals surface area contributed by atoms with Gasteiger partial charge in [0.05, 0.1) is 15.2 Å². The topological polar surface area (TPSA) is 38.9 Å². The Morgan fingerprint density at radius 3 is 2.58 bits per heavy atom. The largest absolute Gasteiger partial charge is 0.399 e. The number of aromatic nitrogens is 1. The van der Waals surface area contributed by atoms with Crippen LogP contribution in [0.5, 0.6) is 0 Å². The molecule has 1 aromatic carbocycles. The zero-order valence-electron chi connectivity index (χ0n) is 11.8. The highest BCUT2D eigenvalue weighted by atomic mass is 32.1. The zero-order valence-corrected chi connectivity index (χ0v) is 12.6. The van der Waals surface area contributed by atoms with Crippen LogP contribution in [-0.2, 0) is 6.42 Å². The Bertz CT molecular complexity index is 504. The van der Waals surface area contributed by atoms with Crippen molar-refractivity contribution in [2.24, 2.45) is 0 Å². The van der Waals surface area contributed by atoms with Gasteiger partial charge in [0.2, 0.25) is 0 Å². The maximum absolute atomic E-state index is 5.79. The number of fused-ring (bicyclic) bond motifs is 1. The molecule has 0 unspecified atom stereocenters. The van der Waals surface area contributed by atoms with Gasteiger partial charge in [-0.1, -0.05) is 45.4 Å². The Kier molecular flexibility index (Phi) is 5.64. The summed E-state index contributed by atoms with van der Waals surface area (Å²) in [5.41, 5.74) is 7.72. The number of nitrogens with two attached hydrogens (primary N) is 1. The van der Waals surface area contributed by atoms with E-state index in [0.717, 1.165) is 17.6 Å². The minimum absolute atomic E-state index is 0.832. The molecule has 0 spiro atoms. The van der Waals surface area contributed by atoms with Crippen LogP contribution in [0.25, 0.3) is 10.2 Å². The fourth-order valence-corrected chi connectivity index (χ4v) is 3.39. The van der Waals surface area contributed by atoms with Crippen LogP contribution in [0.3, 0.4) is 0 Å². The van der Waals surface area contributed by atoms with Gasteiger partial charge >= 0.3 is 0 Å². The molecule has 2 nitrogen and oxygen atoms in total. The lowest BCUT2D eigenvalue weighted by molar-refractivity contribution is 0.589. The molecule has 0 aliphatic heterocycles. The molecule has 2 rings (SSSR count). The number of thiazole rings is 1.